The molecular weight excluding hydrogens is 331 g/mol. The molecule has 0 aliphatic carbocycles. The number of aryl methyl sites for hydroxylation is 2. The molecule has 0 aliphatic heterocycles. The van der Waals surface area contributed by atoms with Crippen LogP contribution in [0.5, 0.6) is 0 Å². The Morgan fingerprint density at radius 2 is 1.88 bits per heavy atom. The van der Waals surface area contributed by atoms with E-state index in [-0.39, 0.29) is 13.5 Å². The van der Waals surface area contributed by atoms with Gasteiger partial charge in [-0.25, -0.2) is 9.67 Å². The average molecular weight is 350 g/mol. The third-order valence-electron chi connectivity index (χ3n) is 4.15. The van der Waals surface area contributed by atoms with Gasteiger partial charge in [-0.1, -0.05) is 20.1 Å². The molecular formula is C19H19N4OP. The highest BCUT2D eigenvalue weighted by atomic mass is 31.1. The Morgan fingerprint density at radius 1 is 1.20 bits per heavy atom. The summed E-state index contributed by atoms with van der Waals surface area (Å²) in [4.78, 5) is 17.4. The van der Waals surface area contributed by atoms with E-state index in [0.717, 1.165) is 16.8 Å². The second-order valence-corrected chi connectivity index (χ2v) is 8.44. The van der Waals surface area contributed by atoms with Gasteiger partial charge in [0.25, 0.3) is 5.56 Å². The van der Waals surface area contributed by atoms with E-state index in [1.165, 1.54) is 9.99 Å². The van der Waals surface area contributed by atoms with Gasteiger partial charge in [0.05, 0.1) is 17.2 Å². The molecule has 0 saturated carbocycles. The van der Waals surface area contributed by atoms with Crippen LogP contribution in [-0.2, 0) is 0 Å². The van der Waals surface area contributed by atoms with E-state index >= 15 is 0 Å². The third kappa shape index (κ3) is 3.14. The van der Waals surface area contributed by atoms with Crippen LogP contribution in [0.15, 0.2) is 41.3 Å². The van der Waals surface area contributed by atoms with E-state index in [0.29, 0.717) is 16.9 Å². The fraction of sp³-hybridized carbons (Fsp3) is 0.211. The molecule has 5 nitrogen and oxygen atoms in total. The molecule has 0 atom stereocenters. The summed E-state index contributed by atoms with van der Waals surface area (Å²) in [5, 5.41) is 13.3. The first-order chi connectivity index (χ1) is 11.9. The van der Waals surface area contributed by atoms with Crippen LogP contribution in [0, 0.1) is 25.2 Å². The van der Waals surface area contributed by atoms with Gasteiger partial charge in [-0.2, -0.15) is 5.26 Å². The lowest BCUT2D eigenvalue weighted by atomic mass is 10.1. The Kier molecular flexibility index (Phi) is 4.57. The van der Waals surface area contributed by atoms with Crippen molar-refractivity contribution in [3.63, 3.8) is 0 Å². The summed E-state index contributed by atoms with van der Waals surface area (Å²) < 4.78 is 1.48. The number of benzene rings is 1. The maximum absolute atomic E-state index is 12.9. The van der Waals surface area contributed by atoms with Gasteiger partial charge in [-0.05, 0) is 61.8 Å². The number of rotatable bonds is 3. The quantitative estimate of drug-likeness (QED) is 0.738. The lowest BCUT2D eigenvalue weighted by molar-refractivity contribution is 0.807. The fourth-order valence-electron chi connectivity index (χ4n) is 2.88. The summed E-state index contributed by atoms with van der Waals surface area (Å²) in [6.07, 6.45) is 1.86. The number of hydrogen-bond donors (Lipinski definition) is 1. The maximum Gasteiger partial charge on any atom is 0.280 e. The minimum atomic E-state index is -0.234. The molecule has 0 spiro atoms. The van der Waals surface area contributed by atoms with E-state index in [9.17, 15) is 4.79 Å². The number of hydrogen-bond acceptors (Lipinski definition) is 3. The molecule has 0 aliphatic rings. The zero-order chi connectivity index (χ0) is 18.1. The molecule has 2 heterocycles. The molecule has 1 aromatic carbocycles. The lowest BCUT2D eigenvalue weighted by Crippen LogP contribution is -2.18. The number of nitrogens with zero attached hydrogens (tertiary/aromatic N) is 3. The van der Waals surface area contributed by atoms with Crippen molar-refractivity contribution in [2.45, 2.75) is 13.8 Å². The zero-order valence-corrected chi connectivity index (χ0v) is 15.6. The summed E-state index contributed by atoms with van der Waals surface area (Å²) in [5.74, 6) is 0.589. The van der Waals surface area contributed by atoms with Gasteiger partial charge in [-0.15, -0.1) is 0 Å². The molecule has 0 bridgehead atoms. The largest absolute Gasteiger partial charge is 0.293 e. The predicted octanol–water partition coefficient (Wildman–Crippen LogP) is 3.08. The Labute approximate surface area is 147 Å². The molecule has 1 N–H and O–H groups in total. The monoisotopic (exact) mass is 350 g/mol. The first kappa shape index (κ1) is 17.1. The van der Waals surface area contributed by atoms with Gasteiger partial charge < -0.3 is 0 Å². The van der Waals surface area contributed by atoms with Crippen molar-refractivity contribution in [3.05, 3.63) is 63.7 Å². The van der Waals surface area contributed by atoms with Crippen LogP contribution in [0.25, 0.3) is 16.9 Å². The number of nitriles is 1. The number of pyridine rings is 1. The van der Waals surface area contributed by atoms with Crippen LogP contribution in [0.3, 0.4) is 0 Å². The fourth-order valence-corrected chi connectivity index (χ4v) is 3.94. The van der Waals surface area contributed by atoms with Crippen molar-refractivity contribution in [1.29, 1.82) is 5.26 Å². The Bertz CT molecular complexity index is 1020. The summed E-state index contributed by atoms with van der Waals surface area (Å²) in [5.41, 5.74) is 3.72. The first-order valence-corrected chi connectivity index (χ1v) is 10.1. The normalized spacial score (nSPS) is 10.9. The summed E-state index contributed by atoms with van der Waals surface area (Å²) >= 11 is 0. The minimum Gasteiger partial charge on any atom is -0.293 e. The highest BCUT2D eigenvalue weighted by Gasteiger charge is 2.16. The first-order valence-electron chi connectivity index (χ1n) is 7.89. The molecule has 0 fully saturated rings. The minimum absolute atomic E-state index is 0.142. The van der Waals surface area contributed by atoms with Crippen LogP contribution < -0.4 is 10.9 Å². The van der Waals surface area contributed by atoms with E-state index in [1.54, 1.807) is 24.3 Å². The molecule has 0 radical (unpaired) electrons. The van der Waals surface area contributed by atoms with Crippen LogP contribution in [0.1, 0.15) is 16.8 Å². The molecule has 0 saturated heterocycles. The van der Waals surface area contributed by atoms with Crippen LogP contribution in [-0.4, -0.2) is 28.1 Å². The van der Waals surface area contributed by atoms with Crippen molar-refractivity contribution >= 4 is 13.2 Å². The lowest BCUT2D eigenvalue weighted by Gasteiger charge is -2.10. The number of aromatic amines is 1. The van der Waals surface area contributed by atoms with Gasteiger partial charge in [0.15, 0.2) is 5.82 Å². The van der Waals surface area contributed by atoms with Crippen molar-refractivity contribution < 1.29 is 0 Å². The molecule has 3 aromatic rings. The average Bonchev–Trinajstić information content (AvgIpc) is 2.89. The molecule has 25 heavy (non-hydrogen) atoms. The topological polar surface area (TPSA) is 74.5 Å². The SMILES string of the molecule is Cc1cc(-n2[nH]c(C)c(-c3ccc(C#N)cc3)c2=O)ncc1P(C)C. The van der Waals surface area contributed by atoms with Gasteiger partial charge in [0, 0.05) is 11.9 Å². The zero-order valence-electron chi connectivity index (χ0n) is 14.7. The maximum atomic E-state index is 12.9. The molecule has 0 amide bonds. The number of nitrogens with one attached hydrogen (secondary N) is 1. The van der Waals surface area contributed by atoms with Crippen molar-refractivity contribution in [2.24, 2.45) is 0 Å². The van der Waals surface area contributed by atoms with Crippen LogP contribution in [0.4, 0.5) is 0 Å². The van der Waals surface area contributed by atoms with Gasteiger partial charge >= 0.3 is 0 Å². The Morgan fingerprint density at radius 3 is 2.44 bits per heavy atom. The highest BCUT2D eigenvalue weighted by molar-refractivity contribution is 7.64. The Balaban J connectivity index is 2.10. The number of H-pyrrole nitrogens is 1. The highest BCUT2D eigenvalue weighted by Crippen LogP contribution is 2.25. The molecule has 2 aromatic heterocycles. The van der Waals surface area contributed by atoms with E-state index in [2.05, 4.69) is 29.5 Å². The van der Waals surface area contributed by atoms with Crippen LogP contribution in [0.2, 0.25) is 0 Å². The van der Waals surface area contributed by atoms with Crippen molar-refractivity contribution in [2.75, 3.05) is 13.3 Å². The van der Waals surface area contributed by atoms with Gasteiger partial charge in [0.2, 0.25) is 0 Å². The van der Waals surface area contributed by atoms with Crippen LogP contribution >= 0.6 is 7.92 Å². The van der Waals surface area contributed by atoms with E-state index in [4.69, 9.17) is 5.26 Å². The predicted molar refractivity (Wildman–Crippen MR) is 102 cm³/mol. The summed E-state index contributed by atoms with van der Waals surface area (Å²) in [7, 11) is -0.234. The molecule has 0 unspecified atom stereocenters. The second kappa shape index (κ2) is 6.66. The Hall–Kier alpha value is -2.70. The van der Waals surface area contributed by atoms with Crippen molar-refractivity contribution in [1.82, 2.24) is 14.8 Å². The summed E-state index contributed by atoms with van der Waals surface area (Å²) in [6, 6.07) is 11.1. The molecule has 126 valence electrons. The van der Waals surface area contributed by atoms with Gasteiger partial charge in [-0.3, -0.25) is 9.89 Å². The molecule has 3 rings (SSSR count). The summed E-state index contributed by atoms with van der Waals surface area (Å²) in [6.45, 7) is 8.29. The van der Waals surface area contributed by atoms with E-state index < -0.39 is 0 Å². The van der Waals surface area contributed by atoms with E-state index in [1.807, 2.05) is 26.1 Å². The standard InChI is InChI=1S/C19H19N4OP/c1-12-9-17(21-11-16(12)25(3)4)23-19(24)18(13(2)22-23)15-7-5-14(10-20)6-8-15/h5-9,11,22H,1-4H3. The van der Waals surface area contributed by atoms with Crippen molar-refractivity contribution in [3.8, 4) is 23.0 Å². The molecule has 6 heteroatoms. The van der Waals surface area contributed by atoms with Gasteiger partial charge in [0.1, 0.15) is 0 Å². The smallest absolute Gasteiger partial charge is 0.280 e. The second-order valence-electron chi connectivity index (χ2n) is 6.16. The number of aromatic nitrogens is 3. The third-order valence-corrected chi connectivity index (χ3v) is 5.59.